The quantitative estimate of drug-likeness (QED) is 0.628. The maximum absolute atomic E-state index is 13.1. The molecule has 2 aliphatic rings. The number of esters is 1. The van der Waals surface area contributed by atoms with Gasteiger partial charge in [-0.05, 0) is 31.4 Å². The van der Waals surface area contributed by atoms with Gasteiger partial charge in [0.1, 0.15) is 11.1 Å². The molecule has 31 heavy (non-hydrogen) atoms. The summed E-state index contributed by atoms with van der Waals surface area (Å²) >= 11 is 1.89. The number of likely N-dealkylation sites (tertiary alicyclic amines) is 1. The number of hydrogen-bond donors (Lipinski definition) is 1. The average molecular weight is 439 g/mol. The number of carbonyl (C=O) groups excluding carboxylic acids is 2. The number of ether oxygens (including phenoxy) is 1. The van der Waals surface area contributed by atoms with Crippen molar-refractivity contribution in [2.75, 3.05) is 25.4 Å². The number of hydrogen-bond acceptors (Lipinski definition) is 7. The Balaban J connectivity index is 1.37. The van der Waals surface area contributed by atoms with Crippen LogP contribution in [-0.2, 0) is 10.2 Å². The van der Waals surface area contributed by atoms with Gasteiger partial charge in [0, 0.05) is 35.3 Å². The van der Waals surface area contributed by atoms with E-state index in [2.05, 4.69) is 34.3 Å². The fourth-order valence-corrected chi connectivity index (χ4v) is 5.96. The summed E-state index contributed by atoms with van der Waals surface area (Å²) in [6, 6.07) is 8.52. The Morgan fingerprint density at radius 1 is 1.19 bits per heavy atom. The predicted octanol–water partition coefficient (Wildman–Crippen LogP) is 2.89. The Kier molecular flexibility index (Phi) is 4.85. The summed E-state index contributed by atoms with van der Waals surface area (Å²) in [7, 11) is 0. The third kappa shape index (κ3) is 3.15. The van der Waals surface area contributed by atoms with Crippen LogP contribution in [0.4, 0.5) is 0 Å². The Hall–Kier alpha value is -3.07. The van der Waals surface area contributed by atoms with Gasteiger partial charge in [-0.2, -0.15) is 9.61 Å². The highest BCUT2D eigenvalue weighted by molar-refractivity contribution is 7.99. The first-order chi connectivity index (χ1) is 15.0. The molecule has 2 aliphatic heterocycles. The van der Waals surface area contributed by atoms with Gasteiger partial charge in [-0.1, -0.05) is 18.2 Å². The highest BCUT2D eigenvalue weighted by atomic mass is 32.2. The summed E-state index contributed by atoms with van der Waals surface area (Å²) < 4.78 is 6.09. The second kappa shape index (κ2) is 7.56. The van der Waals surface area contributed by atoms with Gasteiger partial charge in [0.05, 0.1) is 12.8 Å². The molecule has 0 radical (unpaired) electrons. The number of fused-ring (bicyclic) bond motifs is 3. The van der Waals surface area contributed by atoms with Crippen LogP contribution in [0.25, 0.3) is 5.65 Å². The van der Waals surface area contributed by atoms with Crippen LogP contribution in [0, 0.1) is 0 Å². The van der Waals surface area contributed by atoms with Crippen LogP contribution in [0.1, 0.15) is 46.0 Å². The molecule has 0 aliphatic carbocycles. The van der Waals surface area contributed by atoms with Crippen molar-refractivity contribution < 1.29 is 19.4 Å². The molecule has 1 saturated heterocycles. The smallest absolute Gasteiger partial charge is 0.343 e. The summed E-state index contributed by atoms with van der Waals surface area (Å²) in [4.78, 5) is 32.5. The largest absolute Gasteiger partial charge is 0.493 e. The number of nitrogens with zero attached hydrogens (tertiary/aromatic N) is 4. The van der Waals surface area contributed by atoms with E-state index in [1.165, 1.54) is 22.9 Å². The first-order valence-corrected chi connectivity index (χ1v) is 11.3. The van der Waals surface area contributed by atoms with E-state index in [1.54, 1.807) is 11.8 Å². The molecule has 1 N–H and O–H groups in total. The monoisotopic (exact) mass is 438 g/mol. The van der Waals surface area contributed by atoms with Crippen molar-refractivity contribution in [2.45, 2.75) is 30.1 Å². The van der Waals surface area contributed by atoms with Gasteiger partial charge in [0.2, 0.25) is 5.88 Å². The first kappa shape index (κ1) is 19.9. The molecule has 0 bridgehead atoms. The van der Waals surface area contributed by atoms with Gasteiger partial charge >= 0.3 is 5.97 Å². The number of carbonyl (C=O) groups is 2. The minimum Gasteiger partial charge on any atom is -0.493 e. The molecule has 1 aromatic carbocycles. The second-order valence-electron chi connectivity index (χ2n) is 7.87. The zero-order chi connectivity index (χ0) is 21.6. The maximum Gasteiger partial charge on any atom is 0.343 e. The van der Waals surface area contributed by atoms with E-state index in [0.717, 1.165) is 23.1 Å². The third-order valence-corrected chi connectivity index (χ3v) is 7.56. The topological polar surface area (TPSA) is 97.0 Å². The van der Waals surface area contributed by atoms with Gasteiger partial charge in [0.25, 0.3) is 5.91 Å². The van der Waals surface area contributed by atoms with Gasteiger partial charge in [0.15, 0.2) is 5.65 Å². The van der Waals surface area contributed by atoms with Crippen LogP contribution < -0.4 is 0 Å². The molecule has 4 heterocycles. The fraction of sp³-hybridized carbons (Fsp3) is 0.364. The molecule has 1 amide bonds. The summed E-state index contributed by atoms with van der Waals surface area (Å²) in [6.45, 7) is 3.14. The van der Waals surface area contributed by atoms with E-state index >= 15 is 0 Å². The highest BCUT2D eigenvalue weighted by Crippen LogP contribution is 2.49. The molecule has 160 valence electrons. The minimum absolute atomic E-state index is 0.0724. The Bertz CT molecular complexity index is 1180. The number of piperidine rings is 1. The normalized spacial score (nSPS) is 17.1. The van der Waals surface area contributed by atoms with Crippen LogP contribution >= 0.6 is 11.8 Å². The summed E-state index contributed by atoms with van der Waals surface area (Å²) in [6.07, 6.45) is 4.36. The Morgan fingerprint density at radius 2 is 1.97 bits per heavy atom. The van der Waals surface area contributed by atoms with Crippen molar-refractivity contribution in [3.63, 3.8) is 0 Å². The van der Waals surface area contributed by atoms with Gasteiger partial charge in [-0.15, -0.1) is 11.8 Å². The lowest BCUT2D eigenvalue weighted by Crippen LogP contribution is -2.45. The van der Waals surface area contributed by atoms with Crippen molar-refractivity contribution in [2.24, 2.45) is 0 Å². The number of aromatic nitrogens is 3. The molecular weight excluding hydrogens is 416 g/mol. The van der Waals surface area contributed by atoms with Crippen molar-refractivity contribution in [1.29, 1.82) is 0 Å². The zero-order valence-corrected chi connectivity index (χ0v) is 17.9. The lowest BCUT2D eigenvalue weighted by atomic mass is 9.74. The lowest BCUT2D eigenvalue weighted by Gasteiger charge is -2.39. The van der Waals surface area contributed by atoms with Crippen LogP contribution in [0.3, 0.4) is 0 Å². The van der Waals surface area contributed by atoms with Crippen LogP contribution in [0.15, 0.2) is 41.6 Å². The molecular formula is C22H22N4O4S. The summed E-state index contributed by atoms with van der Waals surface area (Å²) in [5.74, 6) is -0.141. The second-order valence-corrected chi connectivity index (χ2v) is 8.88. The summed E-state index contributed by atoms with van der Waals surface area (Å²) in [5.41, 5.74) is 1.88. The van der Waals surface area contributed by atoms with Crippen LogP contribution in [0.2, 0.25) is 0 Å². The van der Waals surface area contributed by atoms with E-state index in [0.29, 0.717) is 13.1 Å². The number of aromatic hydroxyl groups is 1. The van der Waals surface area contributed by atoms with Crippen molar-refractivity contribution in [1.82, 2.24) is 19.5 Å². The van der Waals surface area contributed by atoms with Crippen molar-refractivity contribution in [3.8, 4) is 5.88 Å². The SMILES string of the molecule is CCOC(=O)c1cnn2c(O)c(C(=O)N3CCC4(CC3)CSc3ccccc34)cnc12. The molecule has 1 spiro atoms. The molecule has 5 rings (SSSR count). The van der Waals surface area contributed by atoms with E-state index in [9.17, 15) is 14.7 Å². The Morgan fingerprint density at radius 3 is 2.74 bits per heavy atom. The van der Waals surface area contributed by atoms with Crippen molar-refractivity contribution in [3.05, 3.63) is 53.3 Å². The van der Waals surface area contributed by atoms with E-state index in [4.69, 9.17) is 4.74 Å². The minimum atomic E-state index is -0.570. The molecule has 2 aromatic heterocycles. The van der Waals surface area contributed by atoms with Gasteiger partial charge in [-0.3, -0.25) is 4.79 Å². The Labute approximate surface area is 183 Å². The lowest BCUT2D eigenvalue weighted by molar-refractivity contribution is 0.0528. The molecule has 0 unspecified atom stereocenters. The predicted molar refractivity (Wildman–Crippen MR) is 115 cm³/mol. The number of benzene rings is 1. The van der Waals surface area contributed by atoms with Gasteiger partial charge < -0.3 is 14.7 Å². The highest BCUT2D eigenvalue weighted by Gasteiger charge is 2.42. The molecule has 0 atom stereocenters. The number of thioether (sulfide) groups is 1. The maximum atomic E-state index is 13.1. The number of amides is 1. The summed E-state index contributed by atoms with van der Waals surface area (Å²) in [5, 5.41) is 14.7. The van der Waals surface area contributed by atoms with E-state index < -0.39 is 5.97 Å². The zero-order valence-electron chi connectivity index (χ0n) is 17.1. The molecule has 9 heteroatoms. The molecule has 8 nitrogen and oxygen atoms in total. The number of rotatable bonds is 3. The van der Waals surface area contributed by atoms with Crippen LogP contribution in [-0.4, -0.2) is 61.9 Å². The van der Waals surface area contributed by atoms with Gasteiger partial charge in [-0.25, -0.2) is 9.78 Å². The molecule has 0 saturated carbocycles. The third-order valence-electron chi connectivity index (χ3n) is 6.20. The standard InChI is InChI=1S/C22H22N4O4S/c1-2-30-21(29)14-12-24-26-18(14)23-11-15(20(26)28)19(27)25-9-7-22(8-10-25)13-31-17-6-4-3-5-16(17)22/h3-6,11-12,28H,2,7-10,13H2,1H3. The van der Waals surface area contributed by atoms with Crippen LogP contribution in [0.5, 0.6) is 5.88 Å². The van der Waals surface area contributed by atoms with E-state index in [-0.39, 0.29) is 40.6 Å². The molecule has 3 aromatic rings. The average Bonchev–Trinajstić information content (AvgIpc) is 3.38. The van der Waals surface area contributed by atoms with E-state index in [1.807, 2.05) is 11.8 Å². The fourth-order valence-electron chi connectivity index (χ4n) is 4.47. The van der Waals surface area contributed by atoms with Crippen molar-refractivity contribution >= 4 is 29.3 Å². The molecule has 1 fully saturated rings. The first-order valence-electron chi connectivity index (χ1n) is 10.3.